The van der Waals surface area contributed by atoms with E-state index in [1.807, 2.05) is 53.2 Å². The highest BCUT2D eigenvalue weighted by Crippen LogP contribution is 2.19. The van der Waals surface area contributed by atoms with Crippen LogP contribution in [0.3, 0.4) is 0 Å². The number of aromatic nitrogens is 3. The zero-order valence-corrected chi connectivity index (χ0v) is 14.7. The van der Waals surface area contributed by atoms with Crippen LogP contribution >= 0.6 is 12.2 Å². The molecule has 0 spiro atoms. The van der Waals surface area contributed by atoms with Crippen molar-refractivity contribution in [2.24, 2.45) is 0 Å². The van der Waals surface area contributed by atoms with Crippen molar-refractivity contribution in [2.75, 3.05) is 0 Å². The van der Waals surface area contributed by atoms with Crippen LogP contribution in [0.5, 0.6) is 0 Å². The molecular formula is C19H22N4S. The van der Waals surface area contributed by atoms with Gasteiger partial charge in [-0.2, -0.15) is 0 Å². The van der Waals surface area contributed by atoms with E-state index in [0.717, 1.165) is 34.4 Å². The van der Waals surface area contributed by atoms with Gasteiger partial charge in [0.25, 0.3) is 0 Å². The number of unbranched alkanes of at least 4 members (excludes halogenated alkanes) is 2. The first kappa shape index (κ1) is 16.6. The maximum absolute atomic E-state index is 5.60. The summed E-state index contributed by atoms with van der Waals surface area (Å²) >= 11 is 5.60. The second-order valence-electron chi connectivity index (χ2n) is 5.87. The summed E-state index contributed by atoms with van der Waals surface area (Å²) in [4.78, 5) is 0.747. The number of nitrogens with zero attached hydrogens (tertiary/aromatic N) is 3. The van der Waals surface area contributed by atoms with E-state index in [-0.39, 0.29) is 6.17 Å². The molecule has 1 aromatic heterocycles. The Morgan fingerprint density at radius 1 is 1.08 bits per heavy atom. The fourth-order valence-corrected chi connectivity index (χ4v) is 3.06. The summed E-state index contributed by atoms with van der Waals surface area (Å²) in [6, 6.07) is 18.1. The Morgan fingerprint density at radius 2 is 1.83 bits per heavy atom. The maximum Gasteiger partial charge on any atom is 0.123 e. The monoisotopic (exact) mass is 338 g/mol. The van der Waals surface area contributed by atoms with Crippen LogP contribution in [0.25, 0.3) is 11.0 Å². The fourth-order valence-electron chi connectivity index (χ4n) is 2.78. The minimum absolute atomic E-state index is 0.0108. The van der Waals surface area contributed by atoms with Crippen molar-refractivity contribution in [2.45, 2.75) is 38.8 Å². The Labute approximate surface area is 147 Å². The molecule has 0 bridgehead atoms. The van der Waals surface area contributed by atoms with Crippen molar-refractivity contribution in [3.8, 4) is 0 Å². The molecular weight excluding hydrogens is 316 g/mol. The van der Waals surface area contributed by atoms with Gasteiger partial charge in [-0.3, -0.25) is 0 Å². The van der Waals surface area contributed by atoms with Gasteiger partial charge in [-0.1, -0.05) is 79.7 Å². The molecule has 0 amide bonds. The second kappa shape index (κ2) is 8.02. The van der Waals surface area contributed by atoms with E-state index in [1.165, 1.54) is 12.8 Å². The van der Waals surface area contributed by atoms with Crippen LogP contribution in [-0.4, -0.2) is 20.0 Å². The highest BCUT2D eigenvalue weighted by molar-refractivity contribution is 7.80. The Balaban J connectivity index is 1.84. The predicted octanol–water partition coefficient (Wildman–Crippen LogP) is 4.48. The first-order valence-corrected chi connectivity index (χ1v) is 8.86. The zero-order chi connectivity index (χ0) is 16.8. The lowest BCUT2D eigenvalue weighted by Gasteiger charge is -2.21. The normalized spacial score (nSPS) is 12.2. The molecule has 3 aromatic rings. The maximum atomic E-state index is 5.60. The van der Waals surface area contributed by atoms with Crippen molar-refractivity contribution in [1.29, 1.82) is 0 Å². The standard InChI is InChI=1S/C19H22N4S/c1-2-3-5-14-18(20-19(24)15-10-6-4-7-11-15)23-17-13-9-8-12-16(17)21-22-23/h4,6-13,18H,2-3,5,14H2,1H3,(H,20,24)/t18-/m1/s1. The van der Waals surface area contributed by atoms with E-state index in [4.69, 9.17) is 12.2 Å². The van der Waals surface area contributed by atoms with Crippen molar-refractivity contribution < 1.29 is 0 Å². The molecule has 4 nitrogen and oxygen atoms in total. The summed E-state index contributed by atoms with van der Waals surface area (Å²) in [6.07, 6.45) is 4.49. The third kappa shape index (κ3) is 3.79. The van der Waals surface area contributed by atoms with Crippen molar-refractivity contribution in [1.82, 2.24) is 20.3 Å². The summed E-state index contributed by atoms with van der Waals surface area (Å²) in [5, 5.41) is 12.1. The van der Waals surface area contributed by atoms with Gasteiger partial charge in [0.1, 0.15) is 16.7 Å². The van der Waals surface area contributed by atoms with Gasteiger partial charge in [-0.05, 0) is 25.0 Å². The lowest BCUT2D eigenvalue weighted by atomic mass is 10.1. The van der Waals surface area contributed by atoms with E-state index in [0.29, 0.717) is 0 Å². The summed E-state index contributed by atoms with van der Waals surface area (Å²) in [5.74, 6) is 0. The van der Waals surface area contributed by atoms with Gasteiger partial charge in [0, 0.05) is 5.56 Å². The topological polar surface area (TPSA) is 42.7 Å². The Hall–Kier alpha value is -2.27. The zero-order valence-electron chi connectivity index (χ0n) is 13.9. The Morgan fingerprint density at radius 3 is 2.62 bits per heavy atom. The van der Waals surface area contributed by atoms with Gasteiger partial charge in [-0.15, -0.1) is 5.10 Å². The molecule has 124 valence electrons. The molecule has 0 saturated carbocycles. The molecule has 0 radical (unpaired) electrons. The third-order valence-electron chi connectivity index (χ3n) is 4.09. The molecule has 2 aromatic carbocycles. The minimum Gasteiger partial charge on any atom is -0.354 e. The van der Waals surface area contributed by atoms with E-state index in [2.05, 4.69) is 28.6 Å². The van der Waals surface area contributed by atoms with Gasteiger partial charge in [0.15, 0.2) is 0 Å². The number of nitrogens with one attached hydrogen (secondary N) is 1. The lowest BCUT2D eigenvalue weighted by molar-refractivity contribution is 0.387. The lowest BCUT2D eigenvalue weighted by Crippen LogP contribution is -2.32. The van der Waals surface area contributed by atoms with Crippen LogP contribution in [0.1, 0.15) is 44.3 Å². The molecule has 24 heavy (non-hydrogen) atoms. The molecule has 0 saturated heterocycles. The number of thiocarbonyl (C=S) groups is 1. The number of rotatable bonds is 7. The first-order chi connectivity index (χ1) is 11.8. The van der Waals surface area contributed by atoms with Gasteiger partial charge < -0.3 is 5.32 Å². The van der Waals surface area contributed by atoms with Gasteiger partial charge in [0.2, 0.25) is 0 Å². The molecule has 0 aliphatic heterocycles. The number of fused-ring (bicyclic) bond motifs is 1. The number of benzene rings is 2. The van der Waals surface area contributed by atoms with Crippen LogP contribution < -0.4 is 5.32 Å². The molecule has 0 aliphatic rings. The van der Waals surface area contributed by atoms with E-state index in [9.17, 15) is 0 Å². The average Bonchev–Trinajstić information content (AvgIpc) is 3.06. The van der Waals surface area contributed by atoms with Crippen LogP contribution in [0.2, 0.25) is 0 Å². The van der Waals surface area contributed by atoms with Gasteiger partial charge in [0.05, 0.1) is 5.52 Å². The van der Waals surface area contributed by atoms with E-state index < -0.39 is 0 Å². The number of para-hydroxylation sites is 1. The quantitative estimate of drug-likeness (QED) is 0.510. The molecule has 0 aliphatic carbocycles. The van der Waals surface area contributed by atoms with Crippen molar-refractivity contribution in [3.63, 3.8) is 0 Å². The van der Waals surface area contributed by atoms with Gasteiger partial charge >= 0.3 is 0 Å². The van der Waals surface area contributed by atoms with E-state index in [1.54, 1.807) is 0 Å². The highest BCUT2D eigenvalue weighted by Gasteiger charge is 2.16. The fraction of sp³-hybridized carbons (Fsp3) is 0.316. The van der Waals surface area contributed by atoms with Crippen LogP contribution in [0.4, 0.5) is 0 Å². The summed E-state index contributed by atoms with van der Waals surface area (Å²) in [7, 11) is 0. The summed E-state index contributed by atoms with van der Waals surface area (Å²) < 4.78 is 1.96. The third-order valence-corrected chi connectivity index (χ3v) is 4.44. The van der Waals surface area contributed by atoms with Crippen molar-refractivity contribution in [3.05, 3.63) is 60.2 Å². The Bertz CT molecular complexity index is 797. The molecule has 3 rings (SSSR count). The SMILES string of the molecule is CCCCC[C@H](NC(=S)c1ccccc1)n1nnc2ccccc21. The largest absolute Gasteiger partial charge is 0.354 e. The molecule has 1 N–H and O–H groups in total. The molecule has 0 fully saturated rings. The Kier molecular flexibility index (Phi) is 5.54. The molecule has 1 heterocycles. The smallest absolute Gasteiger partial charge is 0.123 e. The van der Waals surface area contributed by atoms with Crippen LogP contribution in [0.15, 0.2) is 54.6 Å². The molecule has 0 unspecified atom stereocenters. The molecule has 1 atom stereocenters. The first-order valence-electron chi connectivity index (χ1n) is 8.45. The molecule has 5 heteroatoms. The number of hydrogen-bond donors (Lipinski definition) is 1. The highest BCUT2D eigenvalue weighted by atomic mass is 32.1. The minimum atomic E-state index is 0.0108. The van der Waals surface area contributed by atoms with E-state index >= 15 is 0 Å². The average molecular weight is 338 g/mol. The number of hydrogen-bond acceptors (Lipinski definition) is 3. The second-order valence-corrected chi connectivity index (χ2v) is 6.28. The van der Waals surface area contributed by atoms with Crippen molar-refractivity contribution >= 4 is 28.2 Å². The summed E-state index contributed by atoms with van der Waals surface area (Å²) in [5.41, 5.74) is 2.96. The summed E-state index contributed by atoms with van der Waals surface area (Å²) in [6.45, 7) is 2.21. The predicted molar refractivity (Wildman–Crippen MR) is 102 cm³/mol. The van der Waals surface area contributed by atoms with Gasteiger partial charge in [-0.25, -0.2) is 4.68 Å². The van der Waals surface area contributed by atoms with Crippen LogP contribution in [-0.2, 0) is 0 Å². The van der Waals surface area contributed by atoms with Crippen LogP contribution in [0, 0.1) is 0 Å².